The Morgan fingerprint density at radius 2 is 2.21 bits per heavy atom. The third kappa shape index (κ3) is 2.95. The van der Waals surface area contributed by atoms with Crippen LogP contribution in [0.25, 0.3) is 0 Å². The summed E-state index contributed by atoms with van der Waals surface area (Å²) >= 11 is 0. The van der Waals surface area contributed by atoms with Gasteiger partial charge in [0.15, 0.2) is 11.6 Å². The van der Waals surface area contributed by atoms with Gasteiger partial charge in [-0.05, 0) is 26.8 Å². The number of rotatable bonds is 3. The zero-order valence-corrected chi connectivity index (χ0v) is 10.9. The molecule has 0 radical (unpaired) electrons. The van der Waals surface area contributed by atoms with Crippen LogP contribution in [0.5, 0.6) is 5.75 Å². The first-order chi connectivity index (χ1) is 8.79. The van der Waals surface area contributed by atoms with Crippen LogP contribution in [0.15, 0.2) is 12.3 Å². The van der Waals surface area contributed by atoms with E-state index in [0.29, 0.717) is 5.46 Å². The van der Waals surface area contributed by atoms with Gasteiger partial charge < -0.3 is 19.8 Å². The summed E-state index contributed by atoms with van der Waals surface area (Å²) in [6.45, 7) is 2.69. The van der Waals surface area contributed by atoms with Crippen LogP contribution < -0.4 is 15.9 Å². The van der Waals surface area contributed by atoms with Crippen molar-refractivity contribution in [2.24, 2.45) is 0 Å². The van der Waals surface area contributed by atoms with E-state index in [9.17, 15) is 8.78 Å². The smallest absolute Gasteiger partial charge is 0.431 e. The number of aromatic nitrogens is 1. The lowest BCUT2D eigenvalue weighted by Crippen LogP contribution is -2.35. The second kappa shape index (κ2) is 4.94. The minimum absolute atomic E-state index is 0.102. The molecule has 0 bridgehead atoms. The van der Waals surface area contributed by atoms with E-state index in [0.717, 1.165) is 0 Å². The minimum atomic E-state index is -2.96. The lowest BCUT2D eigenvalue weighted by molar-refractivity contribution is -0.0494. The number of nitrogens with two attached hydrogens (primary N) is 1. The molecule has 1 aliphatic heterocycles. The molecule has 2 heterocycles. The zero-order chi connectivity index (χ0) is 14.2. The number of halogens is 2. The molecule has 0 saturated carbocycles. The molecule has 2 rings (SSSR count). The molecule has 1 fully saturated rings. The molecule has 8 heteroatoms. The van der Waals surface area contributed by atoms with Crippen molar-refractivity contribution >= 4 is 18.4 Å². The second-order valence-electron chi connectivity index (χ2n) is 4.86. The van der Waals surface area contributed by atoms with E-state index in [1.165, 1.54) is 12.3 Å². The molecule has 104 valence electrons. The molecule has 1 unspecified atom stereocenters. The number of nitrogen functional groups attached to an aromatic ring is 1. The summed E-state index contributed by atoms with van der Waals surface area (Å²) in [4.78, 5) is 3.81. The van der Waals surface area contributed by atoms with Crippen molar-refractivity contribution in [2.45, 2.75) is 39.1 Å². The average Bonchev–Trinajstić information content (AvgIpc) is 2.56. The lowest BCUT2D eigenvalue weighted by Gasteiger charge is -2.21. The summed E-state index contributed by atoms with van der Waals surface area (Å²) in [7, 11) is -0.668. The van der Waals surface area contributed by atoms with Gasteiger partial charge in [0.1, 0.15) is 0 Å². The molecule has 0 amide bonds. The lowest BCUT2D eigenvalue weighted by atomic mass is 9.80. The topological polar surface area (TPSA) is 66.6 Å². The molecular formula is C11H15BF2N2O3. The van der Waals surface area contributed by atoms with E-state index in [2.05, 4.69) is 9.72 Å². The molecule has 1 atom stereocenters. The first-order valence-electron chi connectivity index (χ1n) is 5.83. The van der Waals surface area contributed by atoms with Crippen molar-refractivity contribution in [3.05, 3.63) is 12.3 Å². The van der Waals surface area contributed by atoms with Crippen molar-refractivity contribution in [3.63, 3.8) is 0 Å². The van der Waals surface area contributed by atoms with Gasteiger partial charge in [-0.3, -0.25) is 0 Å². The highest BCUT2D eigenvalue weighted by Crippen LogP contribution is 2.27. The molecule has 5 nitrogen and oxygen atoms in total. The highest BCUT2D eigenvalue weighted by Gasteiger charge is 2.44. The Balaban J connectivity index is 2.22. The number of hydrogen-bond donors (Lipinski definition) is 1. The maximum Gasteiger partial charge on any atom is 0.496 e. The Morgan fingerprint density at radius 1 is 1.53 bits per heavy atom. The Hall–Kier alpha value is -1.41. The Kier molecular flexibility index (Phi) is 3.64. The van der Waals surface area contributed by atoms with Crippen LogP contribution in [0.4, 0.5) is 14.6 Å². The average molecular weight is 272 g/mol. The number of nitrogens with zero attached hydrogens (tertiary/aromatic N) is 1. The maximum atomic E-state index is 12.2. The number of hydrogen-bond acceptors (Lipinski definition) is 5. The predicted molar refractivity (Wildman–Crippen MR) is 66.4 cm³/mol. The summed E-state index contributed by atoms with van der Waals surface area (Å²) < 4.78 is 40.1. The van der Waals surface area contributed by atoms with Crippen molar-refractivity contribution in [2.75, 3.05) is 5.73 Å². The molecule has 0 aromatic carbocycles. The Labute approximate surface area is 110 Å². The first kappa shape index (κ1) is 14.0. The maximum absolute atomic E-state index is 12.2. The summed E-state index contributed by atoms with van der Waals surface area (Å²) in [6.07, 6.45) is 1.29. The van der Waals surface area contributed by atoms with Crippen LogP contribution in [-0.4, -0.2) is 30.4 Å². The second-order valence-corrected chi connectivity index (χ2v) is 4.86. The number of pyridine rings is 1. The summed E-state index contributed by atoms with van der Waals surface area (Å²) in [5.41, 5.74) is 5.49. The fourth-order valence-corrected chi connectivity index (χ4v) is 1.68. The third-order valence-electron chi connectivity index (χ3n) is 3.11. The summed E-state index contributed by atoms with van der Waals surface area (Å²) in [6, 6.07) is 1.35. The van der Waals surface area contributed by atoms with E-state index in [1.807, 2.05) is 20.8 Å². The van der Waals surface area contributed by atoms with Crippen LogP contribution in [0, 0.1) is 0 Å². The van der Waals surface area contributed by atoms with Crippen LogP contribution in [0.3, 0.4) is 0 Å². The van der Waals surface area contributed by atoms with Crippen LogP contribution in [0.2, 0.25) is 0 Å². The molecule has 2 N–H and O–H groups in total. The molecule has 19 heavy (non-hydrogen) atoms. The van der Waals surface area contributed by atoms with Gasteiger partial charge in [-0.2, -0.15) is 8.78 Å². The van der Waals surface area contributed by atoms with Crippen molar-refractivity contribution in [1.29, 1.82) is 0 Å². The fourth-order valence-electron chi connectivity index (χ4n) is 1.68. The number of anilines is 1. The standard InChI is InChI=1S/C11H15BF2N2O3/c1-6-11(2,3)19-12(18-6)7-4-8(17-10(13)14)9(15)16-5-7/h4-6,10H,1-3H3,(H2,15,16). The monoisotopic (exact) mass is 272 g/mol. The largest absolute Gasteiger partial charge is 0.496 e. The van der Waals surface area contributed by atoms with E-state index in [1.54, 1.807) is 0 Å². The van der Waals surface area contributed by atoms with Crippen LogP contribution in [0.1, 0.15) is 20.8 Å². The fraction of sp³-hybridized carbons (Fsp3) is 0.545. The minimum Gasteiger partial charge on any atom is -0.431 e. The number of ether oxygens (including phenoxy) is 1. The van der Waals surface area contributed by atoms with Gasteiger partial charge in [0.25, 0.3) is 0 Å². The van der Waals surface area contributed by atoms with Gasteiger partial charge in [0.2, 0.25) is 0 Å². The van der Waals surface area contributed by atoms with Gasteiger partial charge in [0, 0.05) is 11.7 Å². The summed E-state index contributed by atoms with van der Waals surface area (Å²) in [5, 5.41) is 0. The van der Waals surface area contributed by atoms with Gasteiger partial charge in [0.05, 0.1) is 11.7 Å². The highest BCUT2D eigenvalue weighted by molar-refractivity contribution is 6.62. The van der Waals surface area contributed by atoms with E-state index >= 15 is 0 Å². The van der Waals surface area contributed by atoms with Gasteiger partial charge >= 0.3 is 13.7 Å². The molecule has 1 aromatic heterocycles. The molecule has 0 spiro atoms. The van der Waals surface area contributed by atoms with Crippen LogP contribution in [-0.2, 0) is 9.31 Å². The van der Waals surface area contributed by atoms with E-state index < -0.39 is 19.3 Å². The SMILES string of the molecule is CC1OB(c2cnc(N)c(OC(F)F)c2)OC1(C)C. The number of alkyl halides is 2. The predicted octanol–water partition coefficient (Wildman–Crippen LogP) is 1.17. The van der Waals surface area contributed by atoms with Gasteiger partial charge in [-0.15, -0.1) is 0 Å². The van der Waals surface area contributed by atoms with Gasteiger partial charge in [-0.1, -0.05) is 0 Å². The Bertz CT molecular complexity index is 473. The molecular weight excluding hydrogens is 257 g/mol. The zero-order valence-electron chi connectivity index (χ0n) is 10.9. The van der Waals surface area contributed by atoms with E-state index in [4.69, 9.17) is 15.0 Å². The summed E-state index contributed by atoms with van der Waals surface area (Å²) in [5.74, 6) is -0.286. The molecule has 0 aliphatic carbocycles. The quantitative estimate of drug-likeness (QED) is 0.837. The van der Waals surface area contributed by atoms with Crippen molar-refractivity contribution in [3.8, 4) is 5.75 Å². The van der Waals surface area contributed by atoms with Crippen molar-refractivity contribution < 1.29 is 22.8 Å². The molecule has 1 aromatic rings. The van der Waals surface area contributed by atoms with Crippen molar-refractivity contribution in [1.82, 2.24) is 4.98 Å². The van der Waals surface area contributed by atoms with E-state index in [-0.39, 0.29) is 17.7 Å². The Morgan fingerprint density at radius 3 is 2.74 bits per heavy atom. The first-order valence-corrected chi connectivity index (χ1v) is 5.83. The third-order valence-corrected chi connectivity index (χ3v) is 3.11. The highest BCUT2D eigenvalue weighted by atomic mass is 19.3. The van der Waals surface area contributed by atoms with Gasteiger partial charge in [-0.25, -0.2) is 4.98 Å². The molecule has 1 aliphatic rings. The normalized spacial score (nSPS) is 22.0. The molecule has 1 saturated heterocycles. The van der Waals surface area contributed by atoms with Crippen LogP contribution >= 0.6 is 0 Å².